The molecule has 1 rings (SSSR count). The number of carbonyl (C=O) groups excluding carboxylic acids is 1. The van der Waals surface area contributed by atoms with Crippen LogP contribution in [0.1, 0.15) is 25.5 Å². The number of aliphatic hydroxyl groups excluding tert-OH is 1. The Hall–Kier alpha value is -0.910. The average Bonchev–Trinajstić information content (AvgIpc) is 2.76. The molecule has 0 aromatic carbocycles. The summed E-state index contributed by atoms with van der Waals surface area (Å²) in [5.41, 5.74) is 0.849. The summed E-state index contributed by atoms with van der Waals surface area (Å²) in [6.45, 7) is 4.50. The summed E-state index contributed by atoms with van der Waals surface area (Å²) in [4.78, 5) is 11.3. The van der Waals surface area contributed by atoms with Crippen molar-refractivity contribution in [1.82, 2.24) is 10.6 Å². The molecule has 0 bridgehead atoms. The van der Waals surface area contributed by atoms with E-state index < -0.39 is 6.10 Å². The SMILES string of the molecule is CC(C)NCC(=O)NCC(O)c1ccsc1. The van der Waals surface area contributed by atoms with E-state index in [-0.39, 0.29) is 25.0 Å². The first-order chi connectivity index (χ1) is 7.59. The highest BCUT2D eigenvalue weighted by Gasteiger charge is 2.09. The Bertz CT molecular complexity index is 312. The van der Waals surface area contributed by atoms with Crippen molar-refractivity contribution in [3.8, 4) is 0 Å². The van der Waals surface area contributed by atoms with Crippen LogP contribution in [0.3, 0.4) is 0 Å². The van der Waals surface area contributed by atoms with E-state index in [4.69, 9.17) is 0 Å². The zero-order valence-corrected chi connectivity index (χ0v) is 10.4. The summed E-state index contributed by atoms with van der Waals surface area (Å²) in [6.07, 6.45) is -0.616. The van der Waals surface area contributed by atoms with Gasteiger partial charge in [-0.25, -0.2) is 0 Å². The molecule has 1 atom stereocenters. The van der Waals surface area contributed by atoms with Crippen LogP contribution in [0.25, 0.3) is 0 Å². The second-order valence-electron chi connectivity index (χ2n) is 3.91. The third kappa shape index (κ3) is 4.74. The lowest BCUT2D eigenvalue weighted by Crippen LogP contribution is -2.38. The van der Waals surface area contributed by atoms with Crippen LogP contribution in [-0.2, 0) is 4.79 Å². The number of thiophene rings is 1. The predicted molar refractivity (Wildman–Crippen MR) is 65.4 cm³/mol. The second-order valence-corrected chi connectivity index (χ2v) is 4.69. The Morgan fingerprint density at radius 1 is 1.56 bits per heavy atom. The maximum atomic E-state index is 11.3. The van der Waals surface area contributed by atoms with Gasteiger partial charge in [-0.05, 0) is 22.4 Å². The first-order valence-corrected chi connectivity index (χ1v) is 6.24. The highest BCUT2D eigenvalue weighted by molar-refractivity contribution is 7.07. The minimum atomic E-state index is -0.616. The molecule has 0 aliphatic rings. The van der Waals surface area contributed by atoms with Crippen molar-refractivity contribution >= 4 is 17.2 Å². The third-order valence-corrected chi connectivity index (χ3v) is 2.79. The van der Waals surface area contributed by atoms with Crippen molar-refractivity contribution in [2.75, 3.05) is 13.1 Å². The number of hydrogen-bond acceptors (Lipinski definition) is 4. The minimum absolute atomic E-state index is 0.0945. The van der Waals surface area contributed by atoms with Crippen molar-refractivity contribution in [3.05, 3.63) is 22.4 Å². The fraction of sp³-hybridized carbons (Fsp3) is 0.545. The van der Waals surface area contributed by atoms with Crippen LogP contribution < -0.4 is 10.6 Å². The molecule has 0 saturated carbocycles. The van der Waals surface area contributed by atoms with Crippen molar-refractivity contribution in [3.63, 3.8) is 0 Å². The van der Waals surface area contributed by atoms with Crippen LogP contribution >= 0.6 is 11.3 Å². The Balaban J connectivity index is 2.21. The molecule has 1 aromatic heterocycles. The van der Waals surface area contributed by atoms with Crippen molar-refractivity contribution < 1.29 is 9.90 Å². The molecule has 1 heterocycles. The van der Waals surface area contributed by atoms with Gasteiger partial charge >= 0.3 is 0 Å². The van der Waals surface area contributed by atoms with Gasteiger partial charge in [0.2, 0.25) is 5.91 Å². The molecule has 90 valence electrons. The molecular formula is C11H18N2O2S. The molecule has 1 unspecified atom stereocenters. The summed E-state index contributed by atoms with van der Waals surface area (Å²) in [5.74, 6) is -0.0945. The number of nitrogens with one attached hydrogen (secondary N) is 2. The third-order valence-electron chi connectivity index (χ3n) is 2.09. The first-order valence-electron chi connectivity index (χ1n) is 5.30. The Morgan fingerprint density at radius 3 is 2.88 bits per heavy atom. The van der Waals surface area contributed by atoms with Gasteiger partial charge in [0, 0.05) is 12.6 Å². The summed E-state index contributed by atoms with van der Waals surface area (Å²) < 4.78 is 0. The molecule has 0 fully saturated rings. The monoisotopic (exact) mass is 242 g/mol. The van der Waals surface area contributed by atoms with Crippen LogP contribution in [0, 0.1) is 0 Å². The highest BCUT2D eigenvalue weighted by atomic mass is 32.1. The van der Waals surface area contributed by atoms with Gasteiger partial charge in [-0.1, -0.05) is 13.8 Å². The maximum absolute atomic E-state index is 11.3. The van der Waals surface area contributed by atoms with Gasteiger partial charge in [0.15, 0.2) is 0 Å². The normalized spacial score (nSPS) is 12.8. The molecule has 1 aromatic rings. The van der Waals surface area contributed by atoms with Gasteiger partial charge in [-0.2, -0.15) is 11.3 Å². The summed E-state index contributed by atoms with van der Waals surface area (Å²) in [6, 6.07) is 2.14. The van der Waals surface area contributed by atoms with Crippen LogP contribution in [0.15, 0.2) is 16.8 Å². The van der Waals surface area contributed by atoms with Crippen LogP contribution in [0.4, 0.5) is 0 Å². The Morgan fingerprint density at radius 2 is 2.31 bits per heavy atom. The van der Waals surface area contributed by atoms with Crippen LogP contribution in [-0.4, -0.2) is 30.1 Å². The zero-order chi connectivity index (χ0) is 12.0. The lowest BCUT2D eigenvalue weighted by atomic mass is 10.2. The predicted octanol–water partition coefficient (Wildman–Crippen LogP) is 0.896. The molecule has 16 heavy (non-hydrogen) atoms. The number of hydrogen-bond donors (Lipinski definition) is 3. The molecule has 1 amide bonds. The largest absolute Gasteiger partial charge is 0.387 e. The van der Waals surface area contributed by atoms with Gasteiger partial charge in [-0.3, -0.25) is 4.79 Å². The molecule has 0 radical (unpaired) electrons. The zero-order valence-electron chi connectivity index (χ0n) is 9.56. The van der Waals surface area contributed by atoms with Gasteiger partial charge in [0.05, 0.1) is 12.6 Å². The lowest BCUT2D eigenvalue weighted by Gasteiger charge is -2.12. The van der Waals surface area contributed by atoms with Crippen molar-refractivity contribution in [1.29, 1.82) is 0 Å². The van der Waals surface area contributed by atoms with Gasteiger partial charge in [0.25, 0.3) is 0 Å². The minimum Gasteiger partial charge on any atom is -0.387 e. The fourth-order valence-electron chi connectivity index (χ4n) is 1.15. The topological polar surface area (TPSA) is 61.4 Å². The van der Waals surface area contributed by atoms with Gasteiger partial charge in [-0.15, -0.1) is 0 Å². The number of amides is 1. The van der Waals surface area contributed by atoms with E-state index in [1.165, 1.54) is 11.3 Å². The lowest BCUT2D eigenvalue weighted by molar-refractivity contribution is -0.120. The highest BCUT2D eigenvalue weighted by Crippen LogP contribution is 2.14. The summed E-state index contributed by atoms with van der Waals surface area (Å²) in [5, 5.41) is 19.2. The van der Waals surface area contributed by atoms with E-state index in [0.29, 0.717) is 0 Å². The van der Waals surface area contributed by atoms with E-state index in [9.17, 15) is 9.90 Å². The number of rotatable bonds is 6. The van der Waals surface area contributed by atoms with E-state index >= 15 is 0 Å². The Kier molecular flexibility index (Phi) is 5.45. The fourth-order valence-corrected chi connectivity index (χ4v) is 1.86. The molecule has 4 nitrogen and oxygen atoms in total. The van der Waals surface area contributed by atoms with E-state index in [0.717, 1.165) is 5.56 Å². The molecule has 0 spiro atoms. The van der Waals surface area contributed by atoms with E-state index in [1.807, 2.05) is 30.7 Å². The standard InChI is InChI=1S/C11H18N2O2S/c1-8(2)12-6-11(15)13-5-10(14)9-3-4-16-7-9/h3-4,7-8,10,12,14H,5-6H2,1-2H3,(H,13,15). The Labute approximate surface area is 99.7 Å². The van der Waals surface area contributed by atoms with Gasteiger partial charge in [0.1, 0.15) is 0 Å². The smallest absolute Gasteiger partial charge is 0.234 e. The van der Waals surface area contributed by atoms with Crippen molar-refractivity contribution in [2.45, 2.75) is 26.0 Å². The molecule has 3 N–H and O–H groups in total. The van der Waals surface area contributed by atoms with Crippen molar-refractivity contribution in [2.24, 2.45) is 0 Å². The quantitative estimate of drug-likeness (QED) is 0.694. The van der Waals surface area contributed by atoms with Crippen LogP contribution in [0.2, 0.25) is 0 Å². The maximum Gasteiger partial charge on any atom is 0.234 e. The summed E-state index contributed by atoms with van der Waals surface area (Å²) in [7, 11) is 0. The van der Waals surface area contributed by atoms with E-state index in [2.05, 4.69) is 10.6 Å². The summed E-state index contributed by atoms with van der Waals surface area (Å²) >= 11 is 1.53. The molecule has 0 aliphatic carbocycles. The average molecular weight is 242 g/mol. The molecular weight excluding hydrogens is 224 g/mol. The van der Waals surface area contributed by atoms with E-state index in [1.54, 1.807) is 0 Å². The first kappa shape index (κ1) is 13.2. The second kappa shape index (κ2) is 6.62. The molecule has 5 heteroatoms. The van der Waals surface area contributed by atoms with Crippen LogP contribution in [0.5, 0.6) is 0 Å². The number of carbonyl (C=O) groups is 1. The molecule has 0 saturated heterocycles. The van der Waals surface area contributed by atoms with Gasteiger partial charge < -0.3 is 15.7 Å². The number of aliphatic hydroxyl groups is 1. The molecule has 0 aliphatic heterocycles.